The van der Waals surface area contributed by atoms with Gasteiger partial charge in [0.25, 0.3) is 5.91 Å². The molecule has 0 fully saturated rings. The fourth-order valence-corrected chi connectivity index (χ4v) is 1.27. The Kier molecular flexibility index (Phi) is 3.46. The molecule has 6 heteroatoms. The molecular formula is C11H12N4O2. The predicted molar refractivity (Wildman–Crippen MR) is 59.7 cm³/mol. The van der Waals surface area contributed by atoms with Gasteiger partial charge in [-0.3, -0.25) is 19.3 Å². The van der Waals surface area contributed by atoms with E-state index in [9.17, 15) is 4.79 Å². The number of hydrogen-bond donors (Lipinski definition) is 1. The summed E-state index contributed by atoms with van der Waals surface area (Å²) in [6.45, 7) is 0.222. The van der Waals surface area contributed by atoms with Crippen LogP contribution in [0.3, 0.4) is 0 Å². The molecule has 0 saturated heterocycles. The van der Waals surface area contributed by atoms with Gasteiger partial charge in [-0.1, -0.05) is 6.07 Å². The molecule has 1 amide bonds. The SMILES string of the molecule is Cn1ccc(CONC(=O)c2ccccn2)n1. The highest BCUT2D eigenvalue weighted by atomic mass is 16.6. The lowest BCUT2D eigenvalue weighted by molar-refractivity contribution is 0.0216. The van der Waals surface area contributed by atoms with Crippen molar-refractivity contribution in [2.24, 2.45) is 7.05 Å². The minimum absolute atomic E-state index is 0.222. The maximum Gasteiger partial charge on any atom is 0.293 e. The van der Waals surface area contributed by atoms with E-state index in [-0.39, 0.29) is 12.5 Å². The summed E-state index contributed by atoms with van der Waals surface area (Å²) < 4.78 is 1.67. The minimum Gasteiger partial charge on any atom is -0.275 e. The van der Waals surface area contributed by atoms with Crippen LogP contribution < -0.4 is 5.48 Å². The lowest BCUT2D eigenvalue weighted by Crippen LogP contribution is -2.24. The summed E-state index contributed by atoms with van der Waals surface area (Å²) >= 11 is 0. The summed E-state index contributed by atoms with van der Waals surface area (Å²) in [5, 5.41) is 4.11. The zero-order chi connectivity index (χ0) is 12.1. The number of carbonyl (C=O) groups excluding carboxylic acids is 1. The first-order valence-electron chi connectivity index (χ1n) is 5.07. The molecule has 0 aliphatic carbocycles. The van der Waals surface area contributed by atoms with Crippen LogP contribution >= 0.6 is 0 Å². The third kappa shape index (κ3) is 3.12. The fraction of sp³-hybridized carbons (Fsp3) is 0.182. The van der Waals surface area contributed by atoms with Gasteiger partial charge < -0.3 is 0 Å². The summed E-state index contributed by atoms with van der Waals surface area (Å²) in [4.78, 5) is 20.4. The minimum atomic E-state index is -0.374. The second-order valence-corrected chi connectivity index (χ2v) is 3.42. The average molecular weight is 232 g/mol. The molecule has 0 aliphatic heterocycles. The van der Waals surface area contributed by atoms with Crippen LogP contribution in [0.15, 0.2) is 36.7 Å². The van der Waals surface area contributed by atoms with Gasteiger partial charge >= 0.3 is 0 Å². The highest BCUT2D eigenvalue weighted by Gasteiger charge is 2.06. The number of nitrogens with zero attached hydrogens (tertiary/aromatic N) is 3. The molecule has 0 spiro atoms. The number of amides is 1. The Balaban J connectivity index is 1.81. The zero-order valence-electron chi connectivity index (χ0n) is 9.33. The van der Waals surface area contributed by atoms with Crippen molar-refractivity contribution >= 4 is 5.91 Å². The summed E-state index contributed by atoms with van der Waals surface area (Å²) in [5.74, 6) is -0.374. The maximum atomic E-state index is 11.5. The number of hydroxylamine groups is 1. The fourth-order valence-electron chi connectivity index (χ4n) is 1.27. The number of nitrogens with one attached hydrogen (secondary N) is 1. The average Bonchev–Trinajstić information content (AvgIpc) is 2.76. The van der Waals surface area contributed by atoms with Crippen molar-refractivity contribution in [1.29, 1.82) is 0 Å². The van der Waals surface area contributed by atoms with Gasteiger partial charge in [0.1, 0.15) is 12.3 Å². The van der Waals surface area contributed by atoms with E-state index in [0.717, 1.165) is 5.69 Å². The van der Waals surface area contributed by atoms with Crippen molar-refractivity contribution in [3.8, 4) is 0 Å². The molecule has 2 heterocycles. The number of hydrogen-bond acceptors (Lipinski definition) is 4. The van der Waals surface area contributed by atoms with E-state index in [1.54, 1.807) is 35.3 Å². The van der Waals surface area contributed by atoms with Crippen LogP contribution in [0.1, 0.15) is 16.2 Å². The smallest absolute Gasteiger partial charge is 0.275 e. The van der Waals surface area contributed by atoms with E-state index < -0.39 is 0 Å². The van der Waals surface area contributed by atoms with E-state index in [1.165, 1.54) is 0 Å². The van der Waals surface area contributed by atoms with Crippen LogP contribution in [-0.2, 0) is 18.5 Å². The molecule has 0 radical (unpaired) electrons. The molecule has 2 rings (SSSR count). The van der Waals surface area contributed by atoms with E-state index in [4.69, 9.17) is 4.84 Å². The van der Waals surface area contributed by atoms with Crippen molar-refractivity contribution in [1.82, 2.24) is 20.2 Å². The molecule has 2 aromatic heterocycles. The third-order valence-electron chi connectivity index (χ3n) is 2.05. The second-order valence-electron chi connectivity index (χ2n) is 3.42. The quantitative estimate of drug-likeness (QED) is 0.787. The largest absolute Gasteiger partial charge is 0.293 e. The van der Waals surface area contributed by atoms with Crippen molar-refractivity contribution in [3.05, 3.63) is 48.0 Å². The molecule has 0 atom stereocenters. The molecule has 1 N–H and O–H groups in total. The molecule has 0 aliphatic rings. The van der Waals surface area contributed by atoms with Crippen molar-refractivity contribution in [2.75, 3.05) is 0 Å². The van der Waals surface area contributed by atoms with Gasteiger partial charge in [-0.15, -0.1) is 0 Å². The molecular weight excluding hydrogens is 220 g/mol. The molecule has 2 aromatic rings. The Morgan fingerprint density at radius 3 is 3.00 bits per heavy atom. The number of rotatable bonds is 4. The van der Waals surface area contributed by atoms with Crippen LogP contribution in [0, 0.1) is 0 Å². The first-order valence-corrected chi connectivity index (χ1v) is 5.07. The summed E-state index contributed by atoms with van der Waals surface area (Å²) in [7, 11) is 1.82. The highest BCUT2D eigenvalue weighted by Crippen LogP contribution is 1.97. The Morgan fingerprint density at radius 2 is 2.35 bits per heavy atom. The molecule has 17 heavy (non-hydrogen) atoms. The molecule has 0 saturated carbocycles. The van der Waals surface area contributed by atoms with Crippen molar-refractivity contribution in [2.45, 2.75) is 6.61 Å². The zero-order valence-corrected chi connectivity index (χ0v) is 9.33. The van der Waals surface area contributed by atoms with Crippen LogP contribution in [0.2, 0.25) is 0 Å². The first kappa shape index (κ1) is 11.3. The van der Waals surface area contributed by atoms with Gasteiger partial charge in [-0.05, 0) is 18.2 Å². The summed E-state index contributed by atoms with van der Waals surface area (Å²) in [5.41, 5.74) is 3.36. The van der Waals surface area contributed by atoms with E-state index in [1.807, 2.05) is 13.1 Å². The van der Waals surface area contributed by atoms with E-state index in [0.29, 0.717) is 5.69 Å². The van der Waals surface area contributed by atoms with Crippen LogP contribution in [0.4, 0.5) is 0 Å². The Morgan fingerprint density at radius 1 is 1.47 bits per heavy atom. The summed E-state index contributed by atoms with van der Waals surface area (Å²) in [6.07, 6.45) is 3.35. The molecule has 0 aromatic carbocycles. The standard InChI is InChI=1S/C11H12N4O2/c1-15-7-5-9(13-15)8-17-14-11(16)10-4-2-3-6-12-10/h2-7H,8H2,1H3,(H,14,16). The number of aryl methyl sites for hydroxylation is 1. The Labute approximate surface area is 98.2 Å². The predicted octanol–water partition coefficient (Wildman–Crippen LogP) is 0.677. The monoisotopic (exact) mass is 232 g/mol. The van der Waals surface area contributed by atoms with E-state index >= 15 is 0 Å². The van der Waals surface area contributed by atoms with E-state index in [2.05, 4.69) is 15.6 Å². The highest BCUT2D eigenvalue weighted by molar-refractivity contribution is 5.91. The molecule has 88 valence electrons. The maximum absolute atomic E-state index is 11.5. The first-order chi connectivity index (χ1) is 8.25. The lowest BCUT2D eigenvalue weighted by atomic mass is 10.3. The normalized spacial score (nSPS) is 10.2. The Bertz CT molecular complexity index is 495. The summed E-state index contributed by atoms with van der Waals surface area (Å²) in [6, 6.07) is 6.90. The third-order valence-corrected chi connectivity index (χ3v) is 2.05. The van der Waals surface area contributed by atoms with Crippen LogP contribution in [-0.4, -0.2) is 20.7 Å². The number of carbonyl (C=O) groups is 1. The Hall–Kier alpha value is -2.21. The second kappa shape index (κ2) is 5.22. The van der Waals surface area contributed by atoms with Gasteiger partial charge in [-0.25, -0.2) is 5.48 Å². The number of pyridine rings is 1. The van der Waals surface area contributed by atoms with Gasteiger partial charge in [0.05, 0.1) is 5.69 Å². The number of aromatic nitrogens is 3. The van der Waals surface area contributed by atoms with Gasteiger partial charge in [0.15, 0.2) is 0 Å². The van der Waals surface area contributed by atoms with Crippen molar-refractivity contribution in [3.63, 3.8) is 0 Å². The topological polar surface area (TPSA) is 69.0 Å². The lowest BCUT2D eigenvalue weighted by Gasteiger charge is -2.03. The van der Waals surface area contributed by atoms with Gasteiger partial charge in [0, 0.05) is 19.4 Å². The van der Waals surface area contributed by atoms with Gasteiger partial charge in [0.2, 0.25) is 0 Å². The molecule has 6 nitrogen and oxygen atoms in total. The van der Waals surface area contributed by atoms with Gasteiger partial charge in [-0.2, -0.15) is 5.10 Å². The molecule has 0 unspecified atom stereocenters. The van der Waals surface area contributed by atoms with Crippen LogP contribution in [0.25, 0.3) is 0 Å². The van der Waals surface area contributed by atoms with Crippen LogP contribution in [0.5, 0.6) is 0 Å². The van der Waals surface area contributed by atoms with Crippen molar-refractivity contribution < 1.29 is 9.63 Å². The molecule has 0 bridgehead atoms.